The van der Waals surface area contributed by atoms with E-state index in [1.165, 1.54) is 0 Å². The maximum Gasteiger partial charge on any atom is 0.0717 e. The number of benzene rings is 1. The summed E-state index contributed by atoms with van der Waals surface area (Å²) < 4.78 is 0. The van der Waals surface area contributed by atoms with E-state index in [1.54, 1.807) is 7.11 Å². The Bertz CT molecular complexity index is 236. The van der Waals surface area contributed by atoms with Gasteiger partial charge in [-0.1, -0.05) is 0 Å². The molecule has 0 aliphatic rings. The van der Waals surface area contributed by atoms with Gasteiger partial charge in [-0.15, -0.1) is 0 Å². The van der Waals surface area contributed by atoms with Crippen molar-refractivity contribution in [1.82, 2.24) is 0 Å². The fourth-order valence-electron chi connectivity index (χ4n) is 0.880. The van der Waals surface area contributed by atoms with E-state index in [1.807, 2.05) is 31.2 Å². The van der Waals surface area contributed by atoms with E-state index in [2.05, 4.69) is 11.0 Å². The van der Waals surface area contributed by atoms with Crippen LogP contribution >= 0.6 is 0 Å². The van der Waals surface area contributed by atoms with E-state index < -0.39 is 0 Å². The third kappa shape index (κ3) is 3.31. The summed E-state index contributed by atoms with van der Waals surface area (Å²) in [5, 5.41) is 0. The number of nitrogens with one attached hydrogen (secondary N) is 2. The van der Waals surface area contributed by atoms with Crippen molar-refractivity contribution in [3.63, 3.8) is 0 Å². The lowest BCUT2D eigenvalue weighted by Crippen LogP contribution is -2.00. The van der Waals surface area contributed by atoms with Crippen LogP contribution in [0.4, 0.5) is 11.4 Å². The molecule has 4 heteroatoms. The van der Waals surface area contributed by atoms with Gasteiger partial charge in [0.2, 0.25) is 0 Å². The molecule has 1 rings (SSSR count). The number of rotatable bonds is 5. The smallest absolute Gasteiger partial charge is 0.0717 e. The van der Waals surface area contributed by atoms with Gasteiger partial charge in [0.1, 0.15) is 0 Å². The molecule has 0 bridgehead atoms. The first-order chi connectivity index (χ1) is 6.36. The lowest BCUT2D eigenvalue weighted by atomic mass is 10.3. The first-order valence-electron chi connectivity index (χ1n) is 4.13. The second kappa shape index (κ2) is 5.40. The maximum absolute atomic E-state index is 5.02. The van der Waals surface area contributed by atoms with Gasteiger partial charge < -0.3 is 0 Å². The highest BCUT2D eigenvalue weighted by Crippen LogP contribution is 2.12. The van der Waals surface area contributed by atoms with Crippen LogP contribution in [0, 0.1) is 0 Å². The summed E-state index contributed by atoms with van der Waals surface area (Å²) in [7, 11) is 1.58. The van der Waals surface area contributed by atoms with Crippen molar-refractivity contribution >= 4 is 11.4 Å². The second-order valence-electron chi connectivity index (χ2n) is 2.42. The van der Waals surface area contributed by atoms with E-state index in [0.717, 1.165) is 11.4 Å². The van der Waals surface area contributed by atoms with Crippen LogP contribution in [-0.4, -0.2) is 13.7 Å². The molecule has 0 saturated carbocycles. The molecule has 2 N–H and O–H groups in total. The number of hydrogen-bond acceptors (Lipinski definition) is 4. The average Bonchev–Trinajstić information content (AvgIpc) is 2.17. The molecule has 0 heterocycles. The zero-order valence-electron chi connectivity index (χ0n) is 7.83. The van der Waals surface area contributed by atoms with Crippen molar-refractivity contribution in [2.24, 2.45) is 0 Å². The van der Waals surface area contributed by atoms with Gasteiger partial charge in [0, 0.05) is 0 Å². The monoisotopic (exact) mass is 182 g/mol. The molecular weight excluding hydrogens is 168 g/mol. The SMILES string of the molecule is CCONc1ccc(NOC)cc1. The van der Waals surface area contributed by atoms with Crippen LogP contribution in [0.2, 0.25) is 0 Å². The largest absolute Gasteiger partial charge is 0.279 e. The number of hydrogen-bond donors (Lipinski definition) is 2. The van der Waals surface area contributed by atoms with E-state index in [0.29, 0.717) is 6.61 Å². The summed E-state index contributed by atoms with van der Waals surface area (Å²) in [6, 6.07) is 7.59. The van der Waals surface area contributed by atoms with Gasteiger partial charge in [0.15, 0.2) is 0 Å². The van der Waals surface area contributed by atoms with E-state index in [9.17, 15) is 0 Å². The minimum absolute atomic E-state index is 0.637. The first kappa shape index (κ1) is 9.83. The zero-order chi connectivity index (χ0) is 9.52. The van der Waals surface area contributed by atoms with Gasteiger partial charge in [-0.05, 0) is 31.2 Å². The van der Waals surface area contributed by atoms with Crippen molar-refractivity contribution in [2.75, 3.05) is 24.7 Å². The normalized spacial score (nSPS) is 9.69. The average molecular weight is 182 g/mol. The topological polar surface area (TPSA) is 42.5 Å². The van der Waals surface area contributed by atoms with Gasteiger partial charge >= 0.3 is 0 Å². The quantitative estimate of drug-likeness (QED) is 0.684. The highest BCUT2D eigenvalue weighted by Gasteiger charge is 1.91. The third-order valence-corrected chi connectivity index (χ3v) is 1.44. The van der Waals surface area contributed by atoms with Crippen LogP contribution in [-0.2, 0) is 9.68 Å². The molecule has 0 aliphatic heterocycles. The minimum atomic E-state index is 0.637. The Balaban J connectivity index is 2.48. The highest BCUT2D eigenvalue weighted by molar-refractivity contribution is 5.51. The third-order valence-electron chi connectivity index (χ3n) is 1.44. The Kier molecular flexibility index (Phi) is 4.08. The van der Waals surface area contributed by atoms with E-state index >= 15 is 0 Å². The Hall–Kier alpha value is -1.26. The standard InChI is InChI=1S/C9H14N2O2/c1-3-13-11-9-6-4-8(5-7-9)10-12-2/h4-7,10-11H,3H2,1-2H3. The molecule has 0 radical (unpaired) electrons. The molecule has 4 nitrogen and oxygen atoms in total. The fourth-order valence-corrected chi connectivity index (χ4v) is 0.880. The molecule has 72 valence electrons. The lowest BCUT2D eigenvalue weighted by molar-refractivity contribution is 0.210. The molecule has 0 fully saturated rings. The molecule has 0 spiro atoms. The van der Waals surface area contributed by atoms with Crippen molar-refractivity contribution in [1.29, 1.82) is 0 Å². The van der Waals surface area contributed by atoms with Gasteiger partial charge in [-0.25, -0.2) is 0 Å². The first-order valence-corrected chi connectivity index (χ1v) is 4.13. The zero-order valence-corrected chi connectivity index (χ0v) is 7.83. The van der Waals surface area contributed by atoms with E-state index in [-0.39, 0.29) is 0 Å². The van der Waals surface area contributed by atoms with Crippen molar-refractivity contribution in [3.8, 4) is 0 Å². The van der Waals surface area contributed by atoms with Crippen LogP contribution in [0.25, 0.3) is 0 Å². The van der Waals surface area contributed by atoms with Crippen LogP contribution < -0.4 is 11.0 Å². The predicted octanol–water partition coefficient (Wildman–Crippen LogP) is 2.02. The van der Waals surface area contributed by atoms with Crippen molar-refractivity contribution in [2.45, 2.75) is 6.92 Å². The molecule has 0 aliphatic carbocycles. The minimum Gasteiger partial charge on any atom is -0.279 e. The lowest BCUT2D eigenvalue weighted by Gasteiger charge is -2.06. The second-order valence-corrected chi connectivity index (χ2v) is 2.42. The molecule has 0 amide bonds. The molecule has 0 aromatic heterocycles. The summed E-state index contributed by atoms with van der Waals surface area (Å²) in [5.74, 6) is 0. The summed E-state index contributed by atoms with van der Waals surface area (Å²) in [4.78, 5) is 9.76. The summed E-state index contributed by atoms with van der Waals surface area (Å²) in [6.07, 6.45) is 0. The molecule has 1 aromatic rings. The summed E-state index contributed by atoms with van der Waals surface area (Å²) in [5.41, 5.74) is 7.34. The van der Waals surface area contributed by atoms with Crippen LogP contribution in [0.3, 0.4) is 0 Å². The fraction of sp³-hybridized carbons (Fsp3) is 0.333. The Labute approximate surface area is 77.8 Å². The summed E-state index contributed by atoms with van der Waals surface area (Å²) >= 11 is 0. The highest BCUT2D eigenvalue weighted by atomic mass is 16.6. The maximum atomic E-state index is 5.02. The molecule has 0 atom stereocenters. The predicted molar refractivity (Wildman–Crippen MR) is 52.3 cm³/mol. The molecular formula is C9H14N2O2. The molecule has 0 unspecified atom stereocenters. The van der Waals surface area contributed by atoms with Gasteiger partial charge in [0.05, 0.1) is 25.1 Å². The summed E-state index contributed by atoms with van der Waals surface area (Å²) in [6.45, 7) is 2.56. The van der Waals surface area contributed by atoms with Gasteiger partial charge in [-0.3, -0.25) is 20.6 Å². The van der Waals surface area contributed by atoms with Crippen molar-refractivity contribution in [3.05, 3.63) is 24.3 Å². The Morgan fingerprint density at radius 1 is 1.08 bits per heavy atom. The number of anilines is 2. The Morgan fingerprint density at radius 3 is 2.08 bits per heavy atom. The van der Waals surface area contributed by atoms with Crippen LogP contribution in [0.5, 0.6) is 0 Å². The Morgan fingerprint density at radius 2 is 1.62 bits per heavy atom. The van der Waals surface area contributed by atoms with Crippen LogP contribution in [0.1, 0.15) is 6.92 Å². The van der Waals surface area contributed by atoms with Crippen LogP contribution in [0.15, 0.2) is 24.3 Å². The molecule has 13 heavy (non-hydrogen) atoms. The molecule has 0 saturated heterocycles. The van der Waals surface area contributed by atoms with Gasteiger partial charge in [-0.2, -0.15) is 0 Å². The van der Waals surface area contributed by atoms with E-state index in [4.69, 9.17) is 9.68 Å². The van der Waals surface area contributed by atoms with Gasteiger partial charge in [0.25, 0.3) is 0 Å². The molecule has 1 aromatic carbocycles. The van der Waals surface area contributed by atoms with Crippen molar-refractivity contribution < 1.29 is 9.68 Å².